The Morgan fingerprint density at radius 2 is 1.93 bits per heavy atom. The minimum atomic E-state index is -3.78. The van der Waals surface area contributed by atoms with Crippen LogP contribution in [0.1, 0.15) is 33.4 Å². The van der Waals surface area contributed by atoms with E-state index in [9.17, 15) is 17.6 Å². The van der Waals surface area contributed by atoms with Crippen molar-refractivity contribution in [3.05, 3.63) is 45.1 Å². The molecule has 1 aliphatic heterocycles. The monoisotopic (exact) mass is 429 g/mol. The van der Waals surface area contributed by atoms with Gasteiger partial charge in [-0.25, -0.2) is 17.8 Å². The summed E-state index contributed by atoms with van der Waals surface area (Å²) < 4.78 is 40.0. The highest BCUT2D eigenvalue weighted by atomic mass is 35.5. The molecule has 2 fully saturated rings. The first-order chi connectivity index (χ1) is 12.9. The lowest BCUT2D eigenvalue weighted by atomic mass is 10.3. The van der Waals surface area contributed by atoms with E-state index in [1.165, 1.54) is 21.7 Å². The smallest absolute Gasteiger partial charge is 0.265 e. The van der Waals surface area contributed by atoms with Crippen LogP contribution in [-0.2, 0) is 10.0 Å². The number of sulfonamides is 1. The van der Waals surface area contributed by atoms with E-state index in [0.29, 0.717) is 23.9 Å². The molecule has 0 atom stereocenters. The number of carbonyl (C=O) groups is 1. The Bertz CT molecular complexity index is 983. The minimum Gasteiger partial charge on any atom is -0.335 e. The Labute approximate surface area is 165 Å². The van der Waals surface area contributed by atoms with Crippen LogP contribution in [0.3, 0.4) is 0 Å². The maximum Gasteiger partial charge on any atom is 0.265 e. The molecule has 1 aliphatic carbocycles. The number of carbonyl (C=O) groups excluding carboxylic acids is 1. The number of hydrogen-bond donors (Lipinski definition) is 0. The minimum absolute atomic E-state index is 0.0507. The van der Waals surface area contributed by atoms with E-state index < -0.39 is 15.8 Å². The van der Waals surface area contributed by atoms with Crippen molar-refractivity contribution in [2.75, 3.05) is 26.2 Å². The summed E-state index contributed by atoms with van der Waals surface area (Å²) in [6, 6.07) is 3.35. The molecule has 144 valence electrons. The summed E-state index contributed by atoms with van der Waals surface area (Å²) in [4.78, 5) is 19.2. The molecule has 1 aromatic carbocycles. The van der Waals surface area contributed by atoms with Crippen LogP contribution < -0.4 is 0 Å². The van der Waals surface area contributed by atoms with E-state index in [0.717, 1.165) is 30.0 Å². The van der Waals surface area contributed by atoms with Gasteiger partial charge in [-0.15, -0.1) is 11.3 Å². The zero-order chi connectivity index (χ0) is 19.2. The van der Waals surface area contributed by atoms with Crippen molar-refractivity contribution in [2.45, 2.75) is 23.7 Å². The molecule has 2 heterocycles. The second-order valence-electron chi connectivity index (χ2n) is 6.61. The molecule has 0 spiro atoms. The van der Waals surface area contributed by atoms with Crippen LogP contribution in [0.25, 0.3) is 0 Å². The Morgan fingerprint density at radius 1 is 1.22 bits per heavy atom. The lowest BCUT2D eigenvalue weighted by molar-refractivity contribution is 0.0702. The number of hydrogen-bond acceptors (Lipinski definition) is 5. The molecule has 10 heteroatoms. The van der Waals surface area contributed by atoms with E-state index in [1.807, 2.05) is 0 Å². The van der Waals surface area contributed by atoms with Gasteiger partial charge in [0.05, 0.1) is 21.1 Å². The molecule has 0 radical (unpaired) electrons. The van der Waals surface area contributed by atoms with Crippen LogP contribution in [-0.4, -0.2) is 54.7 Å². The SMILES string of the molecule is O=C(c1cnc(C2CC2)s1)N1CCN(S(=O)(=O)c2ccc(F)c(Cl)c2)CC1. The van der Waals surface area contributed by atoms with Crippen LogP contribution in [0, 0.1) is 5.82 Å². The van der Waals surface area contributed by atoms with E-state index >= 15 is 0 Å². The molecule has 0 unspecified atom stereocenters. The second-order valence-corrected chi connectivity index (χ2v) is 10.0. The van der Waals surface area contributed by atoms with Gasteiger partial charge in [-0.3, -0.25) is 4.79 Å². The lowest BCUT2D eigenvalue weighted by Crippen LogP contribution is -2.50. The number of rotatable bonds is 4. The quantitative estimate of drug-likeness (QED) is 0.749. The maximum absolute atomic E-state index is 13.3. The Hall–Kier alpha value is -1.55. The molecule has 1 saturated heterocycles. The van der Waals surface area contributed by atoms with Gasteiger partial charge in [0.2, 0.25) is 10.0 Å². The predicted octanol–water partition coefficient (Wildman–Crippen LogP) is 2.96. The van der Waals surface area contributed by atoms with Crippen LogP contribution in [0.4, 0.5) is 4.39 Å². The first-order valence-corrected chi connectivity index (χ1v) is 11.2. The number of halogens is 2. The molecule has 2 aromatic rings. The Morgan fingerprint density at radius 3 is 2.56 bits per heavy atom. The first-order valence-electron chi connectivity index (χ1n) is 8.56. The molecular formula is C17H17ClFN3O3S2. The summed E-state index contributed by atoms with van der Waals surface area (Å²) >= 11 is 7.13. The van der Waals surface area contributed by atoms with E-state index in [-0.39, 0.29) is 28.9 Å². The molecule has 1 amide bonds. The highest BCUT2D eigenvalue weighted by Crippen LogP contribution is 2.41. The average Bonchev–Trinajstić information content (AvgIpc) is 3.40. The van der Waals surface area contributed by atoms with Crippen molar-refractivity contribution in [3.8, 4) is 0 Å². The molecule has 1 saturated carbocycles. The summed E-state index contributed by atoms with van der Waals surface area (Å²) in [6.07, 6.45) is 3.88. The number of thiazole rings is 1. The first kappa shape index (κ1) is 18.8. The topological polar surface area (TPSA) is 70.6 Å². The van der Waals surface area contributed by atoms with Gasteiger partial charge in [-0.2, -0.15) is 4.31 Å². The highest BCUT2D eigenvalue weighted by molar-refractivity contribution is 7.89. The number of aromatic nitrogens is 1. The molecule has 0 N–H and O–H groups in total. The second kappa shape index (κ2) is 7.12. The zero-order valence-corrected chi connectivity index (χ0v) is 16.7. The fourth-order valence-corrected chi connectivity index (χ4v) is 5.73. The number of piperazine rings is 1. The van der Waals surface area contributed by atoms with Gasteiger partial charge in [0.25, 0.3) is 5.91 Å². The molecule has 1 aromatic heterocycles. The Kier molecular flexibility index (Phi) is 4.96. The van der Waals surface area contributed by atoms with Crippen LogP contribution >= 0.6 is 22.9 Å². The molecule has 27 heavy (non-hydrogen) atoms. The van der Waals surface area contributed by atoms with Gasteiger partial charge in [-0.05, 0) is 31.0 Å². The summed E-state index contributed by atoms with van der Waals surface area (Å²) in [5, 5.41) is 0.773. The van der Waals surface area contributed by atoms with Crippen molar-refractivity contribution in [2.24, 2.45) is 0 Å². The largest absolute Gasteiger partial charge is 0.335 e. The van der Waals surface area contributed by atoms with Gasteiger partial charge >= 0.3 is 0 Å². The van der Waals surface area contributed by atoms with Crippen molar-refractivity contribution < 1.29 is 17.6 Å². The summed E-state index contributed by atoms with van der Waals surface area (Å²) in [6.45, 7) is 0.946. The maximum atomic E-state index is 13.3. The molecular weight excluding hydrogens is 413 g/mol. The van der Waals surface area contributed by atoms with Crippen LogP contribution in [0.5, 0.6) is 0 Å². The summed E-state index contributed by atoms with van der Waals surface area (Å²) in [5.74, 6) is -0.275. The fraction of sp³-hybridized carbons (Fsp3) is 0.412. The van der Waals surface area contributed by atoms with Gasteiger partial charge in [0.15, 0.2) is 0 Å². The third kappa shape index (κ3) is 3.73. The van der Waals surface area contributed by atoms with Crippen LogP contribution in [0.15, 0.2) is 29.3 Å². The normalized spacial score (nSPS) is 18.7. The fourth-order valence-electron chi connectivity index (χ4n) is 2.98. The van der Waals surface area contributed by atoms with Gasteiger partial charge in [-0.1, -0.05) is 11.6 Å². The third-order valence-electron chi connectivity index (χ3n) is 4.72. The summed E-state index contributed by atoms with van der Waals surface area (Å²) in [7, 11) is -3.78. The van der Waals surface area contributed by atoms with E-state index in [2.05, 4.69) is 4.98 Å². The number of nitrogens with zero attached hydrogens (tertiary/aromatic N) is 3. The molecule has 6 nitrogen and oxygen atoms in total. The molecule has 0 bridgehead atoms. The molecule has 2 aliphatic rings. The number of benzene rings is 1. The van der Waals surface area contributed by atoms with Crippen molar-refractivity contribution in [1.29, 1.82) is 0 Å². The third-order valence-corrected chi connectivity index (χ3v) is 8.05. The molecule has 4 rings (SSSR count). The van der Waals surface area contributed by atoms with Gasteiger partial charge in [0, 0.05) is 32.1 Å². The summed E-state index contributed by atoms with van der Waals surface area (Å²) in [5.41, 5.74) is 0. The lowest BCUT2D eigenvalue weighted by Gasteiger charge is -2.33. The van der Waals surface area contributed by atoms with E-state index in [4.69, 9.17) is 11.6 Å². The highest BCUT2D eigenvalue weighted by Gasteiger charge is 2.32. The standard InChI is InChI=1S/C17H17ClFN3O3S2/c18-13-9-12(3-4-14(13)19)27(24,25)22-7-5-21(6-8-22)17(23)15-10-20-16(26-15)11-1-2-11/h3-4,9-11H,1-2,5-8H2. The van der Waals surface area contributed by atoms with Crippen molar-refractivity contribution >= 4 is 38.9 Å². The van der Waals surface area contributed by atoms with Crippen molar-refractivity contribution in [1.82, 2.24) is 14.2 Å². The Balaban J connectivity index is 1.43. The van der Waals surface area contributed by atoms with Gasteiger partial charge < -0.3 is 4.90 Å². The average molecular weight is 430 g/mol. The predicted molar refractivity (Wildman–Crippen MR) is 100 cm³/mol. The zero-order valence-electron chi connectivity index (χ0n) is 14.3. The van der Waals surface area contributed by atoms with E-state index in [1.54, 1.807) is 11.1 Å². The van der Waals surface area contributed by atoms with Crippen molar-refractivity contribution in [3.63, 3.8) is 0 Å². The number of amides is 1. The van der Waals surface area contributed by atoms with Crippen LogP contribution in [0.2, 0.25) is 5.02 Å². The van der Waals surface area contributed by atoms with Gasteiger partial charge in [0.1, 0.15) is 10.7 Å².